The summed E-state index contributed by atoms with van der Waals surface area (Å²) in [6.07, 6.45) is 3.54. The minimum atomic E-state index is -3.73. The maximum absolute atomic E-state index is 13.1. The van der Waals surface area contributed by atoms with Crippen molar-refractivity contribution in [1.29, 1.82) is 0 Å². The van der Waals surface area contributed by atoms with Crippen molar-refractivity contribution in [2.45, 2.75) is 23.3 Å². The highest BCUT2D eigenvalue weighted by atomic mass is 32.2. The smallest absolute Gasteiger partial charge is 0.283 e. The molecule has 0 bridgehead atoms. The van der Waals surface area contributed by atoms with Crippen LogP contribution in [-0.4, -0.2) is 23.9 Å². The molecule has 2 heterocycles. The number of rotatable bonds is 3. The molecule has 2 aromatic carbocycles. The number of para-hydroxylation sites is 1. The number of fused-ring (bicyclic) bond motifs is 3. The van der Waals surface area contributed by atoms with Gasteiger partial charge in [0.15, 0.2) is 0 Å². The highest BCUT2D eigenvalue weighted by molar-refractivity contribution is 7.98. The average molecular weight is 371 g/mol. The maximum Gasteiger partial charge on any atom is 0.283 e. The van der Waals surface area contributed by atoms with E-state index >= 15 is 0 Å². The van der Waals surface area contributed by atoms with Crippen LogP contribution in [0, 0.1) is 6.92 Å². The van der Waals surface area contributed by atoms with Crippen LogP contribution in [0.4, 0.5) is 5.69 Å². The molecular formula is C18H17N3O2S2. The highest BCUT2D eigenvalue weighted by Crippen LogP contribution is 2.35. The van der Waals surface area contributed by atoms with Crippen molar-refractivity contribution in [2.24, 2.45) is 0 Å². The molecule has 1 N–H and O–H groups in total. The largest absolute Gasteiger partial charge is 0.380 e. The third kappa shape index (κ3) is 2.73. The molecule has 0 amide bonds. The van der Waals surface area contributed by atoms with E-state index in [1.165, 1.54) is 11.8 Å². The first kappa shape index (κ1) is 16.2. The van der Waals surface area contributed by atoms with E-state index in [4.69, 9.17) is 0 Å². The van der Waals surface area contributed by atoms with Gasteiger partial charge < -0.3 is 5.32 Å². The Balaban J connectivity index is 1.84. The molecule has 0 fully saturated rings. The topological polar surface area (TPSA) is 64.0 Å². The lowest BCUT2D eigenvalue weighted by molar-refractivity contribution is 0.580. The van der Waals surface area contributed by atoms with Crippen LogP contribution >= 0.6 is 11.8 Å². The Morgan fingerprint density at radius 2 is 2.00 bits per heavy atom. The van der Waals surface area contributed by atoms with Gasteiger partial charge in [-0.1, -0.05) is 18.2 Å². The molecule has 0 radical (unpaired) electrons. The van der Waals surface area contributed by atoms with Crippen LogP contribution in [0.15, 0.2) is 58.5 Å². The zero-order valence-corrected chi connectivity index (χ0v) is 15.5. The molecule has 128 valence electrons. The monoisotopic (exact) mass is 371 g/mol. The summed E-state index contributed by atoms with van der Waals surface area (Å²) >= 11 is 1.52. The summed E-state index contributed by atoms with van der Waals surface area (Å²) in [6.45, 7) is 2.46. The van der Waals surface area contributed by atoms with Crippen molar-refractivity contribution in [1.82, 2.24) is 9.19 Å². The number of thioether (sulfide) groups is 1. The normalized spacial score (nSPS) is 13.0. The van der Waals surface area contributed by atoms with Gasteiger partial charge in [-0.05, 0) is 43.0 Å². The van der Waals surface area contributed by atoms with E-state index in [9.17, 15) is 8.42 Å². The molecule has 25 heavy (non-hydrogen) atoms. The van der Waals surface area contributed by atoms with E-state index in [0.717, 1.165) is 37.1 Å². The van der Waals surface area contributed by atoms with Gasteiger partial charge in [-0.2, -0.15) is 17.6 Å². The second-order valence-electron chi connectivity index (χ2n) is 5.97. The first-order valence-electron chi connectivity index (χ1n) is 7.82. The van der Waals surface area contributed by atoms with Crippen LogP contribution in [0.1, 0.15) is 11.1 Å². The summed E-state index contributed by atoms with van der Waals surface area (Å²) in [5, 5.41) is 7.71. The Kier molecular flexibility index (Phi) is 3.85. The molecule has 3 aromatic rings. The molecule has 1 aromatic heterocycles. The quantitative estimate of drug-likeness (QED) is 0.711. The minimum absolute atomic E-state index is 0.262. The number of aromatic nitrogens is 2. The summed E-state index contributed by atoms with van der Waals surface area (Å²) in [5.74, 6) is 0. The van der Waals surface area contributed by atoms with Crippen molar-refractivity contribution in [3.8, 4) is 11.3 Å². The molecule has 0 atom stereocenters. The van der Waals surface area contributed by atoms with Gasteiger partial charge in [0, 0.05) is 34.5 Å². The number of nitrogens with zero attached hydrogens (tertiary/aromatic N) is 2. The Morgan fingerprint density at radius 1 is 1.20 bits per heavy atom. The summed E-state index contributed by atoms with van der Waals surface area (Å²) in [5.41, 5.74) is 4.40. The fourth-order valence-corrected chi connectivity index (χ4v) is 4.89. The van der Waals surface area contributed by atoms with Crippen molar-refractivity contribution in [2.75, 3.05) is 11.6 Å². The van der Waals surface area contributed by atoms with Gasteiger partial charge in [0.25, 0.3) is 10.0 Å². The maximum atomic E-state index is 13.1. The van der Waals surface area contributed by atoms with Crippen LogP contribution in [0.25, 0.3) is 11.3 Å². The van der Waals surface area contributed by atoms with Crippen LogP contribution in [0.5, 0.6) is 0 Å². The lowest BCUT2D eigenvalue weighted by Crippen LogP contribution is -2.14. The number of anilines is 1. The van der Waals surface area contributed by atoms with Crippen molar-refractivity contribution < 1.29 is 8.42 Å². The van der Waals surface area contributed by atoms with Crippen LogP contribution in [-0.2, 0) is 16.6 Å². The number of nitrogens with one attached hydrogen (secondary N) is 1. The van der Waals surface area contributed by atoms with Crippen molar-refractivity contribution >= 4 is 27.5 Å². The summed E-state index contributed by atoms with van der Waals surface area (Å²) in [6, 6.07) is 13.1. The number of aryl methyl sites for hydroxylation is 1. The summed E-state index contributed by atoms with van der Waals surface area (Å²) in [4.78, 5) is 1.18. The second-order valence-corrected chi connectivity index (χ2v) is 8.64. The zero-order valence-electron chi connectivity index (χ0n) is 13.9. The summed E-state index contributed by atoms with van der Waals surface area (Å²) in [7, 11) is -3.73. The fraction of sp³-hybridized carbons (Fsp3) is 0.167. The molecular weight excluding hydrogens is 354 g/mol. The number of hydrogen-bond acceptors (Lipinski definition) is 5. The fourth-order valence-electron chi connectivity index (χ4n) is 2.99. The molecule has 0 unspecified atom stereocenters. The van der Waals surface area contributed by atoms with Gasteiger partial charge in [0.2, 0.25) is 0 Å². The molecule has 0 spiro atoms. The molecule has 0 aliphatic carbocycles. The van der Waals surface area contributed by atoms with Crippen LogP contribution in [0.2, 0.25) is 0 Å². The lowest BCUT2D eigenvalue weighted by Gasteiger charge is -2.16. The Hall–Kier alpha value is -2.25. The molecule has 0 saturated heterocycles. The predicted molar refractivity (Wildman–Crippen MR) is 101 cm³/mol. The van der Waals surface area contributed by atoms with Crippen LogP contribution < -0.4 is 5.32 Å². The third-order valence-electron chi connectivity index (χ3n) is 4.22. The predicted octanol–water partition coefficient (Wildman–Crippen LogP) is 3.74. The Morgan fingerprint density at radius 3 is 2.80 bits per heavy atom. The Labute approximate surface area is 151 Å². The van der Waals surface area contributed by atoms with Gasteiger partial charge in [0.05, 0.1) is 4.90 Å². The van der Waals surface area contributed by atoms with E-state index in [0.29, 0.717) is 6.54 Å². The van der Waals surface area contributed by atoms with Gasteiger partial charge in [0.1, 0.15) is 5.69 Å². The second kappa shape index (κ2) is 5.93. The molecule has 4 rings (SSSR count). The molecule has 5 nitrogen and oxygen atoms in total. The van der Waals surface area contributed by atoms with E-state index in [1.54, 1.807) is 18.3 Å². The number of benzene rings is 2. The van der Waals surface area contributed by atoms with Gasteiger partial charge in [-0.25, -0.2) is 0 Å². The van der Waals surface area contributed by atoms with Crippen molar-refractivity contribution in [3.63, 3.8) is 0 Å². The van der Waals surface area contributed by atoms with Gasteiger partial charge in [-0.15, -0.1) is 11.8 Å². The van der Waals surface area contributed by atoms with Gasteiger partial charge >= 0.3 is 0 Å². The molecule has 7 heteroatoms. The van der Waals surface area contributed by atoms with Gasteiger partial charge in [-0.3, -0.25) is 0 Å². The molecule has 0 saturated carbocycles. The molecule has 1 aliphatic heterocycles. The third-order valence-corrected chi connectivity index (χ3v) is 6.44. The SMILES string of the molecule is CSc1cc(C)cc(S(=O)(=O)n2cc3c(n2)-c2ccccc2NC3)c1. The van der Waals surface area contributed by atoms with Crippen LogP contribution in [0.3, 0.4) is 0 Å². The summed E-state index contributed by atoms with van der Waals surface area (Å²) < 4.78 is 27.2. The van der Waals surface area contributed by atoms with E-state index in [2.05, 4.69) is 10.4 Å². The lowest BCUT2D eigenvalue weighted by atomic mass is 10.0. The Bertz CT molecular complexity index is 1070. The standard InChI is InChI=1S/C18H17N3O2S2/c1-12-7-14(24-2)9-15(8-12)25(22,23)21-11-13-10-19-17-6-4-3-5-16(17)18(13)20-21/h3-9,11,19H,10H2,1-2H3. The zero-order chi connectivity index (χ0) is 17.6. The van der Waals surface area contributed by atoms with E-state index < -0.39 is 10.0 Å². The highest BCUT2D eigenvalue weighted by Gasteiger charge is 2.25. The first-order chi connectivity index (χ1) is 12.0. The minimum Gasteiger partial charge on any atom is -0.380 e. The number of hydrogen-bond donors (Lipinski definition) is 1. The average Bonchev–Trinajstić information content (AvgIpc) is 3.06. The first-order valence-corrected chi connectivity index (χ1v) is 10.5. The van der Waals surface area contributed by atoms with E-state index in [-0.39, 0.29) is 4.90 Å². The van der Waals surface area contributed by atoms with E-state index in [1.807, 2.05) is 43.5 Å². The van der Waals surface area contributed by atoms with Crippen molar-refractivity contribution in [3.05, 3.63) is 59.8 Å². The molecule has 1 aliphatic rings.